The van der Waals surface area contributed by atoms with Crippen molar-refractivity contribution >= 4 is 11.6 Å². The summed E-state index contributed by atoms with van der Waals surface area (Å²) in [6, 6.07) is 8.78. The maximum absolute atomic E-state index is 13.1. The quantitative estimate of drug-likeness (QED) is 0.886. The molecule has 0 saturated carbocycles. The molecule has 0 saturated heterocycles. The summed E-state index contributed by atoms with van der Waals surface area (Å²) in [6.07, 6.45) is 0.216. The van der Waals surface area contributed by atoms with Gasteiger partial charge >= 0.3 is 0 Å². The van der Waals surface area contributed by atoms with Crippen molar-refractivity contribution in [2.24, 2.45) is 0 Å². The largest absolute Gasteiger partial charge is 0.481 e. The topological polar surface area (TPSA) is 71.5 Å². The van der Waals surface area contributed by atoms with E-state index in [4.69, 9.17) is 4.74 Å². The number of aromatic nitrogens is 1. The highest BCUT2D eigenvalue weighted by molar-refractivity contribution is 5.90. The average molecular weight is 290 g/mol. The van der Waals surface area contributed by atoms with Gasteiger partial charge in [-0.15, -0.1) is 0 Å². The first-order chi connectivity index (χ1) is 10.1. The Morgan fingerprint density at radius 2 is 2.24 bits per heavy atom. The van der Waals surface area contributed by atoms with Crippen LogP contribution in [0.2, 0.25) is 0 Å². The van der Waals surface area contributed by atoms with Crippen molar-refractivity contribution in [2.45, 2.75) is 12.5 Å². The number of carbonyl (C=O) groups excluding carboxylic acids is 1. The first kappa shape index (κ1) is 14.9. The highest BCUT2D eigenvalue weighted by Crippen LogP contribution is 2.18. The fourth-order valence-corrected chi connectivity index (χ4v) is 1.79. The van der Waals surface area contributed by atoms with Crippen LogP contribution in [-0.4, -0.2) is 23.1 Å². The van der Waals surface area contributed by atoms with Crippen molar-refractivity contribution < 1.29 is 19.0 Å². The second-order valence-corrected chi connectivity index (χ2v) is 4.41. The monoisotopic (exact) mass is 290 g/mol. The van der Waals surface area contributed by atoms with Gasteiger partial charge in [0, 0.05) is 6.07 Å². The van der Waals surface area contributed by atoms with Gasteiger partial charge in [0.05, 0.1) is 31.5 Å². The van der Waals surface area contributed by atoms with E-state index < -0.39 is 17.8 Å². The third kappa shape index (κ3) is 4.25. The Morgan fingerprint density at radius 1 is 1.43 bits per heavy atom. The van der Waals surface area contributed by atoms with Gasteiger partial charge < -0.3 is 15.2 Å². The summed E-state index contributed by atoms with van der Waals surface area (Å²) in [5, 5.41) is 12.5. The van der Waals surface area contributed by atoms with Crippen molar-refractivity contribution in [1.82, 2.24) is 4.98 Å². The third-order valence-corrected chi connectivity index (χ3v) is 2.84. The van der Waals surface area contributed by atoms with Gasteiger partial charge in [-0.05, 0) is 23.8 Å². The Labute approximate surface area is 121 Å². The number of halogens is 1. The number of nitrogens with one attached hydrogen (secondary N) is 1. The van der Waals surface area contributed by atoms with Gasteiger partial charge in [0.1, 0.15) is 5.82 Å². The minimum absolute atomic E-state index is 0.171. The van der Waals surface area contributed by atoms with Crippen LogP contribution in [0.15, 0.2) is 42.6 Å². The molecule has 1 aromatic heterocycles. The predicted octanol–water partition coefficient (Wildman–Crippen LogP) is 2.29. The average Bonchev–Trinajstić information content (AvgIpc) is 2.48. The van der Waals surface area contributed by atoms with Crippen molar-refractivity contribution in [3.05, 3.63) is 54.0 Å². The first-order valence-electron chi connectivity index (χ1n) is 6.32. The lowest BCUT2D eigenvalue weighted by Gasteiger charge is -2.11. The number of benzene rings is 1. The summed E-state index contributed by atoms with van der Waals surface area (Å²) in [5.74, 6) is -0.405. The van der Waals surface area contributed by atoms with Crippen LogP contribution in [0.3, 0.4) is 0 Å². The molecule has 2 aromatic rings. The van der Waals surface area contributed by atoms with Crippen molar-refractivity contribution in [3.63, 3.8) is 0 Å². The number of methoxy groups -OCH3 is 1. The molecule has 5 nitrogen and oxygen atoms in total. The number of anilines is 1. The summed E-state index contributed by atoms with van der Waals surface area (Å²) in [7, 11) is 1.50. The minimum atomic E-state index is -1.06. The summed E-state index contributed by atoms with van der Waals surface area (Å²) < 4.78 is 18.0. The molecule has 2 N–H and O–H groups in total. The van der Waals surface area contributed by atoms with Crippen LogP contribution in [0.5, 0.6) is 5.88 Å². The van der Waals surface area contributed by atoms with Crippen LogP contribution < -0.4 is 10.1 Å². The Hall–Kier alpha value is -2.47. The fraction of sp³-hybridized carbons (Fsp3) is 0.200. The van der Waals surface area contributed by atoms with Gasteiger partial charge in [-0.2, -0.15) is 0 Å². The number of ether oxygens (including phenoxy) is 1. The summed E-state index contributed by atoms with van der Waals surface area (Å²) in [4.78, 5) is 15.8. The van der Waals surface area contributed by atoms with Gasteiger partial charge in [0.25, 0.3) is 0 Å². The number of pyridine rings is 1. The molecule has 2 rings (SSSR count). The zero-order valence-corrected chi connectivity index (χ0v) is 11.4. The number of carbonyl (C=O) groups is 1. The highest BCUT2D eigenvalue weighted by Gasteiger charge is 2.14. The number of hydrogen-bond acceptors (Lipinski definition) is 4. The van der Waals surface area contributed by atoms with Crippen LogP contribution in [0.4, 0.5) is 10.1 Å². The first-order valence-corrected chi connectivity index (χ1v) is 6.32. The molecule has 0 fully saturated rings. The van der Waals surface area contributed by atoms with E-state index >= 15 is 0 Å². The molecule has 21 heavy (non-hydrogen) atoms. The SMILES string of the molecule is COc1ccc(NC(=O)CC(O)c2cccc(F)c2)cn1. The van der Waals surface area contributed by atoms with Crippen LogP contribution in [0, 0.1) is 5.82 Å². The molecule has 1 unspecified atom stereocenters. The Kier molecular flexibility index (Phi) is 4.84. The smallest absolute Gasteiger partial charge is 0.227 e. The normalized spacial score (nSPS) is 11.8. The van der Waals surface area contributed by atoms with Gasteiger partial charge in [-0.3, -0.25) is 4.79 Å². The van der Waals surface area contributed by atoms with Crippen LogP contribution in [-0.2, 0) is 4.79 Å². The molecular formula is C15H15FN2O3. The number of rotatable bonds is 5. The van der Waals surface area contributed by atoms with Crippen LogP contribution in [0.1, 0.15) is 18.1 Å². The molecule has 0 radical (unpaired) electrons. The number of hydrogen-bond donors (Lipinski definition) is 2. The molecule has 0 bridgehead atoms. The van der Waals surface area contributed by atoms with E-state index in [1.54, 1.807) is 18.2 Å². The molecule has 0 aliphatic carbocycles. The van der Waals surface area contributed by atoms with Crippen molar-refractivity contribution in [2.75, 3.05) is 12.4 Å². The van der Waals surface area contributed by atoms with E-state index in [-0.39, 0.29) is 6.42 Å². The van der Waals surface area contributed by atoms with Crippen LogP contribution >= 0.6 is 0 Å². The van der Waals surface area contributed by atoms with E-state index in [0.29, 0.717) is 17.1 Å². The molecule has 1 atom stereocenters. The molecule has 0 spiro atoms. The second-order valence-electron chi connectivity index (χ2n) is 4.41. The van der Waals surface area contributed by atoms with Gasteiger partial charge in [0.15, 0.2) is 0 Å². The van der Waals surface area contributed by atoms with E-state index in [2.05, 4.69) is 10.3 Å². The summed E-state index contributed by atoms with van der Waals surface area (Å²) in [6.45, 7) is 0. The molecule has 0 aliphatic rings. The van der Waals surface area contributed by atoms with E-state index in [1.807, 2.05) is 0 Å². The zero-order valence-electron chi connectivity index (χ0n) is 11.4. The molecular weight excluding hydrogens is 275 g/mol. The maximum Gasteiger partial charge on any atom is 0.227 e. The van der Waals surface area contributed by atoms with Crippen LogP contribution in [0.25, 0.3) is 0 Å². The lowest BCUT2D eigenvalue weighted by Crippen LogP contribution is -2.15. The van der Waals surface area contributed by atoms with Gasteiger partial charge in [0.2, 0.25) is 11.8 Å². The third-order valence-electron chi connectivity index (χ3n) is 2.84. The molecule has 1 heterocycles. The second kappa shape index (κ2) is 6.81. The molecule has 110 valence electrons. The number of amides is 1. The molecule has 6 heteroatoms. The maximum atomic E-state index is 13.1. The summed E-state index contributed by atoms with van der Waals surface area (Å²) >= 11 is 0. The lowest BCUT2D eigenvalue weighted by atomic mass is 10.1. The molecule has 1 aromatic carbocycles. The Bertz CT molecular complexity index is 617. The fourth-order valence-electron chi connectivity index (χ4n) is 1.79. The van der Waals surface area contributed by atoms with Gasteiger partial charge in [-0.25, -0.2) is 9.37 Å². The Balaban J connectivity index is 1.94. The zero-order chi connectivity index (χ0) is 15.2. The van der Waals surface area contributed by atoms with E-state index in [1.165, 1.54) is 31.5 Å². The predicted molar refractivity (Wildman–Crippen MR) is 75.4 cm³/mol. The highest BCUT2D eigenvalue weighted by atomic mass is 19.1. The summed E-state index contributed by atoms with van der Waals surface area (Å²) in [5.41, 5.74) is 0.852. The molecule has 1 amide bonds. The van der Waals surface area contributed by atoms with Gasteiger partial charge in [-0.1, -0.05) is 12.1 Å². The Morgan fingerprint density at radius 3 is 2.86 bits per heavy atom. The van der Waals surface area contributed by atoms with E-state index in [0.717, 1.165) is 0 Å². The lowest BCUT2D eigenvalue weighted by molar-refractivity contribution is -0.118. The van der Waals surface area contributed by atoms with Crippen molar-refractivity contribution in [1.29, 1.82) is 0 Å². The van der Waals surface area contributed by atoms with Crippen molar-refractivity contribution in [3.8, 4) is 5.88 Å². The number of aliphatic hydroxyl groups is 1. The van der Waals surface area contributed by atoms with E-state index in [9.17, 15) is 14.3 Å². The number of nitrogens with zero attached hydrogens (tertiary/aromatic N) is 1. The molecule has 0 aliphatic heterocycles. The number of aliphatic hydroxyl groups excluding tert-OH is 1. The standard InChI is InChI=1S/C15H15FN2O3/c1-21-15-6-5-12(9-17-15)18-14(20)8-13(19)10-3-2-4-11(16)7-10/h2-7,9,13,19H,8H2,1H3,(H,18,20). The minimum Gasteiger partial charge on any atom is -0.481 e.